The smallest absolute Gasteiger partial charge is 0.0312 e. The Balaban J connectivity index is 1.20. The number of hydrogen-bond donors (Lipinski definition) is 0. The lowest BCUT2D eigenvalue weighted by Crippen LogP contribution is -2.52. The molecule has 0 bridgehead atoms. The highest BCUT2D eigenvalue weighted by Gasteiger charge is 2.27. The first-order valence-corrected chi connectivity index (χ1v) is 9.98. The Bertz CT molecular complexity index is 585. The van der Waals surface area contributed by atoms with E-state index in [1.54, 1.807) is 0 Å². The van der Waals surface area contributed by atoms with Crippen LogP contribution in [0.5, 0.6) is 0 Å². The summed E-state index contributed by atoms with van der Waals surface area (Å²) in [5, 5.41) is 0. The van der Waals surface area contributed by atoms with Crippen molar-refractivity contribution in [3.05, 3.63) is 66.0 Å². The van der Waals surface area contributed by atoms with Crippen LogP contribution < -0.4 is 0 Å². The van der Waals surface area contributed by atoms with E-state index in [0.717, 1.165) is 19.1 Å². The fourth-order valence-corrected chi connectivity index (χ4v) is 4.32. The van der Waals surface area contributed by atoms with Gasteiger partial charge in [0.05, 0.1) is 0 Å². The second kappa shape index (κ2) is 8.76. The zero-order valence-electron chi connectivity index (χ0n) is 15.6. The van der Waals surface area contributed by atoms with Crippen LogP contribution >= 0.6 is 0 Å². The highest BCUT2D eigenvalue weighted by atomic mass is 15.3. The molecule has 1 aromatic carbocycles. The molecule has 1 aromatic heterocycles. The van der Waals surface area contributed by atoms with Crippen molar-refractivity contribution in [3.63, 3.8) is 0 Å². The van der Waals surface area contributed by atoms with Crippen LogP contribution in [0.25, 0.3) is 0 Å². The second-order valence-electron chi connectivity index (χ2n) is 7.67. The van der Waals surface area contributed by atoms with Gasteiger partial charge in [0.25, 0.3) is 0 Å². The lowest BCUT2D eigenvalue weighted by Gasteiger charge is -2.42. The van der Waals surface area contributed by atoms with Crippen molar-refractivity contribution in [2.75, 3.05) is 39.3 Å². The van der Waals surface area contributed by atoms with Gasteiger partial charge in [-0.05, 0) is 43.1 Å². The Morgan fingerprint density at radius 3 is 2.08 bits per heavy atom. The van der Waals surface area contributed by atoms with Crippen LogP contribution in [0.15, 0.2) is 54.9 Å². The fourth-order valence-electron chi connectivity index (χ4n) is 4.32. The van der Waals surface area contributed by atoms with Crippen molar-refractivity contribution in [3.8, 4) is 0 Å². The zero-order chi connectivity index (χ0) is 17.6. The first-order chi connectivity index (χ1) is 12.9. The van der Waals surface area contributed by atoms with Gasteiger partial charge in [0.1, 0.15) is 0 Å². The van der Waals surface area contributed by atoms with Crippen molar-refractivity contribution in [2.24, 2.45) is 0 Å². The van der Waals surface area contributed by atoms with E-state index in [1.807, 2.05) is 18.5 Å². The van der Waals surface area contributed by atoms with E-state index < -0.39 is 0 Å². The summed E-state index contributed by atoms with van der Waals surface area (Å²) in [5.41, 5.74) is 2.77. The average molecular weight is 351 g/mol. The molecule has 0 saturated carbocycles. The molecule has 138 valence electrons. The third-order valence-corrected chi connectivity index (χ3v) is 5.86. The number of piperazine rings is 1. The molecule has 2 fully saturated rings. The molecule has 26 heavy (non-hydrogen) atoms. The Morgan fingerprint density at radius 2 is 1.38 bits per heavy atom. The SMILES string of the molecule is c1ccc(CN2CCN(C3CCN(Cc4cccnc4)CC3)CC2)cc1. The highest BCUT2D eigenvalue weighted by Crippen LogP contribution is 2.20. The summed E-state index contributed by atoms with van der Waals surface area (Å²) in [6.45, 7) is 9.41. The first kappa shape index (κ1) is 17.7. The van der Waals surface area contributed by atoms with E-state index in [0.29, 0.717) is 0 Å². The Labute approximate surface area is 157 Å². The van der Waals surface area contributed by atoms with E-state index >= 15 is 0 Å². The van der Waals surface area contributed by atoms with E-state index in [2.05, 4.69) is 56.1 Å². The number of piperidine rings is 1. The molecule has 0 unspecified atom stereocenters. The summed E-state index contributed by atoms with van der Waals surface area (Å²) in [6, 6.07) is 15.9. The molecule has 0 N–H and O–H groups in total. The van der Waals surface area contributed by atoms with Gasteiger partial charge in [-0.3, -0.25) is 19.7 Å². The predicted molar refractivity (Wildman–Crippen MR) is 106 cm³/mol. The van der Waals surface area contributed by atoms with Crippen LogP contribution in [0.3, 0.4) is 0 Å². The number of aromatic nitrogens is 1. The molecule has 4 nitrogen and oxygen atoms in total. The molecule has 0 amide bonds. The molecule has 0 spiro atoms. The maximum atomic E-state index is 4.24. The summed E-state index contributed by atoms with van der Waals surface area (Å²) in [5.74, 6) is 0. The summed E-state index contributed by atoms with van der Waals surface area (Å²) < 4.78 is 0. The van der Waals surface area contributed by atoms with E-state index in [1.165, 1.54) is 63.2 Å². The van der Waals surface area contributed by atoms with E-state index in [-0.39, 0.29) is 0 Å². The molecule has 2 aliphatic rings. The lowest BCUT2D eigenvalue weighted by atomic mass is 10.0. The molecule has 2 saturated heterocycles. The molecular formula is C22H30N4. The molecule has 3 heterocycles. The van der Waals surface area contributed by atoms with Gasteiger partial charge in [0, 0.05) is 57.7 Å². The standard InChI is InChI=1S/C22H30N4/c1-2-5-20(6-3-1)18-25-13-15-26(16-14-25)22-8-11-24(12-9-22)19-21-7-4-10-23-17-21/h1-7,10,17,22H,8-9,11-16,18-19H2. The predicted octanol–water partition coefficient (Wildman–Crippen LogP) is 2.86. The maximum absolute atomic E-state index is 4.24. The molecule has 4 rings (SSSR count). The first-order valence-electron chi connectivity index (χ1n) is 9.98. The number of nitrogens with zero attached hydrogens (tertiary/aromatic N) is 4. The van der Waals surface area contributed by atoms with Gasteiger partial charge in [-0.1, -0.05) is 36.4 Å². The minimum Gasteiger partial charge on any atom is -0.299 e. The number of hydrogen-bond acceptors (Lipinski definition) is 4. The van der Waals surface area contributed by atoms with Crippen molar-refractivity contribution < 1.29 is 0 Å². The second-order valence-corrected chi connectivity index (χ2v) is 7.67. The number of benzene rings is 1. The van der Waals surface area contributed by atoms with Crippen LogP contribution in [0.4, 0.5) is 0 Å². The van der Waals surface area contributed by atoms with Crippen molar-refractivity contribution in [2.45, 2.75) is 32.0 Å². The molecule has 0 radical (unpaired) electrons. The highest BCUT2D eigenvalue weighted by molar-refractivity contribution is 5.14. The maximum Gasteiger partial charge on any atom is 0.0312 e. The van der Waals surface area contributed by atoms with Crippen molar-refractivity contribution >= 4 is 0 Å². The summed E-state index contributed by atoms with van der Waals surface area (Å²) in [6.07, 6.45) is 6.46. The molecule has 0 aliphatic carbocycles. The average Bonchev–Trinajstić information content (AvgIpc) is 2.71. The van der Waals surface area contributed by atoms with Crippen molar-refractivity contribution in [1.29, 1.82) is 0 Å². The molecular weight excluding hydrogens is 320 g/mol. The zero-order valence-corrected chi connectivity index (χ0v) is 15.6. The molecule has 4 heteroatoms. The summed E-state index contributed by atoms with van der Waals surface area (Å²) in [4.78, 5) is 12.2. The van der Waals surface area contributed by atoms with Gasteiger partial charge >= 0.3 is 0 Å². The Hall–Kier alpha value is -1.75. The Morgan fingerprint density at radius 1 is 0.731 bits per heavy atom. The van der Waals surface area contributed by atoms with Crippen LogP contribution in [0.1, 0.15) is 24.0 Å². The molecule has 0 atom stereocenters. The topological polar surface area (TPSA) is 22.6 Å². The van der Waals surface area contributed by atoms with Gasteiger partial charge < -0.3 is 0 Å². The van der Waals surface area contributed by atoms with Gasteiger partial charge in [0.15, 0.2) is 0 Å². The van der Waals surface area contributed by atoms with E-state index in [9.17, 15) is 0 Å². The largest absolute Gasteiger partial charge is 0.299 e. The minimum absolute atomic E-state index is 0.777. The number of likely N-dealkylation sites (tertiary alicyclic amines) is 1. The quantitative estimate of drug-likeness (QED) is 0.827. The van der Waals surface area contributed by atoms with Crippen LogP contribution in [0, 0.1) is 0 Å². The van der Waals surface area contributed by atoms with E-state index in [4.69, 9.17) is 0 Å². The van der Waals surface area contributed by atoms with Crippen LogP contribution in [-0.4, -0.2) is 65.0 Å². The molecule has 2 aliphatic heterocycles. The number of pyridine rings is 1. The monoisotopic (exact) mass is 350 g/mol. The third-order valence-electron chi connectivity index (χ3n) is 5.86. The minimum atomic E-state index is 0.777. The number of rotatable bonds is 5. The lowest BCUT2D eigenvalue weighted by molar-refractivity contribution is 0.0550. The van der Waals surface area contributed by atoms with Crippen LogP contribution in [0.2, 0.25) is 0 Å². The molecule has 2 aromatic rings. The fraction of sp³-hybridized carbons (Fsp3) is 0.500. The van der Waals surface area contributed by atoms with Gasteiger partial charge in [-0.15, -0.1) is 0 Å². The summed E-state index contributed by atoms with van der Waals surface area (Å²) >= 11 is 0. The van der Waals surface area contributed by atoms with Gasteiger partial charge in [-0.2, -0.15) is 0 Å². The summed E-state index contributed by atoms with van der Waals surface area (Å²) in [7, 11) is 0. The van der Waals surface area contributed by atoms with Gasteiger partial charge in [-0.25, -0.2) is 0 Å². The van der Waals surface area contributed by atoms with Gasteiger partial charge in [0.2, 0.25) is 0 Å². The van der Waals surface area contributed by atoms with Crippen LogP contribution in [-0.2, 0) is 13.1 Å². The normalized spacial score (nSPS) is 21.1. The van der Waals surface area contributed by atoms with Crippen molar-refractivity contribution in [1.82, 2.24) is 19.7 Å². The Kier molecular flexibility index (Phi) is 5.95. The third kappa shape index (κ3) is 4.70.